The van der Waals surface area contributed by atoms with E-state index < -0.39 is 0 Å². The standard InChI is InChI=1S/C10H14O3.CH2O/c1-3-12-8(2)13-10-6-4-9(11)5-7-10;1-2/h4-8,11H,3H2,1-2H3;1H2. The molecule has 0 fully saturated rings. The van der Waals surface area contributed by atoms with Crippen LogP contribution in [0.1, 0.15) is 13.8 Å². The summed E-state index contributed by atoms with van der Waals surface area (Å²) in [5.74, 6) is 0.926. The lowest BCUT2D eigenvalue weighted by molar-refractivity contribution is -0.0980. The Morgan fingerprint density at radius 2 is 1.87 bits per heavy atom. The maximum absolute atomic E-state index is 9.01. The van der Waals surface area contributed by atoms with Gasteiger partial charge in [0.1, 0.15) is 18.3 Å². The molecular weight excluding hydrogens is 196 g/mol. The van der Waals surface area contributed by atoms with Crippen molar-refractivity contribution >= 4 is 6.79 Å². The van der Waals surface area contributed by atoms with E-state index in [0.29, 0.717) is 12.4 Å². The van der Waals surface area contributed by atoms with Crippen molar-refractivity contribution in [1.29, 1.82) is 0 Å². The Morgan fingerprint density at radius 3 is 2.33 bits per heavy atom. The van der Waals surface area contributed by atoms with E-state index in [1.54, 1.807) is 24.3 Å². The average molecular weight is 212 g/mol. The Morgan fingerprint density at radius 1 is 1.33 bits per heavy atom. The molecule has 1 N–H and O–H groups in total. The van der Waals surface area contributed by atoms with Crippen LogP contribution in [-0.4, -0.2) is 24.8 Å². The van der Waals surface area contributed by atoms with E-state index in [-0.39, 0.29) is 12.0 Å². The first-order valence-electron chi connectivity index (χ1n) is 4.58. The fraction of sp³-hybridized carbons (Fsp3) is 0.364. The van der Waals surface area contributed by atoms with Crippen LogP contribution in [0.15, 0.2) is 24.3 Å². The number of benzene rings is 1. The molecule has 0 aliphatic rings. The van der Waals surface area contributed by atoms with Crippen molar-refractivity contribution in [3.05, 3.63) is 24.3 Å². The third-order valence-corrected chi connectivity index (χ3v) is 1.54. The van der Waals surface area contributed by atoms with E-state index in [4.69, 9.17) is 19.4 Å². The molecule has 0 aliphatic carbocycles. The van der Waals surface area contributed by atoms with Crippen LogP contribution in [0.3, 0.4) is 0 Å². The molecule has 0 aliphatic heterocycles. The van der Waals surface area contributed by atoms with Crippen LogP contribution >= 0.6 is 0 Å². The minimum absolute atomic E-state index is 0.233. The number of ether oxygens (including phenoxy) is 2. The molecular formula is C11H16O4. The summed E-state index contributed by atoms with van der Waals surface area (Å²) in [5, 5.41) is 9.01. The van der Waals surface area contributed by atoms with E-state index in [0.717, 1.165) is 0 Å². The third kappa shape index (κ3) is 5.70. The highest BCUT2D eigenvalue weighted by Gasteiger charge is 2.01. The summed E-state index contributed by atoms with van der Waals surface area (Å²) < 4.78 is 10.6. The fourth-order valence-corrected chi connectivity index (χ4v) is 0.985. The van der Waals surface area contributed by atoms with Crippen LogP contribution in [0.4, 0.5) is 0 Å². The van der Waals surface area contributed by atoms with Gasteiger partial charge in [-0.1, -0.05) is 0 Å². The first-order valence-corrected chi connectivity index (χ1v) is 4.58. The van der Waals surface area contributed by atoms with Gasteiger partial charge < -0.3 is 19.4 Å². The number of phenols is 1. The summed E-state index contributed by atoms with van der Waals surface area (Å²) >= 11 is 0. The lowest BCUT2D eigenvalue weighted by atomic mass is 10.3. The number of aromatic hydroxyl groups is 1. The summed E-state index contributed by atoms with van der Waals surface area (Å²) in [5.41, 5.74) is 0. The minimum atomic E-state index is -0.255. The second-order valence-corrected chi connectivity index (χ2v) is 2.63. The van der Waals surface area contributed by atoms with E-state index >= 15 is 0 Å². The SMILES string of the molecule is C=O.CCOC(C)Oc1ccc(O)cc1. The van der Waals surface area contributed by atoms with Crippen molar-refractivity contribution in [2.75, 3.05) is 6.61 Å². The highest BCUT2D eigenvalue weighted by Crippen LogP contribution is 2.17. The van der Waals surface area contributed by atoms with Crippen molar-refractivity contribution in [3.63, 3.8) is 0 Å². The largest absolute Gasteiger partial charge is 0.508 e. The Bertz CT molecular complexity index is 258. The van der Waals surface area contributed by atoms with Crippen LogP contribution in [0.5, 0.6) is 11.5 Å². The molecule has 0 aromatic heterocycles. The second-order valence-electron chi connectivity index (χ2n) is 2.63. The number of hydrogen-bond acceptors (Lipinski definition) is 4. The maximum Gasteiger partial charge on any atom is 0.196 e. The van der Waals surface area contributed by atoms with Gasteiger partial charge in [-0.2, -0.15) is 0 Å². The Hall–Kier alpha value is -1.55. The van der Waals surface area contributed by atoms with Crippen molar-refractivity contribution in [2.45, 2.75) is 20.1 Å². The summed E-state index contributed by atoms with van der Waals surface area (Å²) in [7, 11) is 0. The number of carbonyl (C=O) groups excluding carboxylic acids is 1. The summed E-state index contributed by atoms with van der Waals surface area (Å²) in [4.78, 5) is 8.00. The van der Waals surface area contributed by atoms with Crippen molar-refractivity contribution in [1.82, 2.24) is 0 Å². The molecule has 1 aromatic carbocycles. The van der Waals surface area contributed by atoms with E-state index in [1.165, 1.54) is 0 Å². The molecule has 0 heterocycles. The Balaban J connectivity index is 0.000000921. The molecule has 1 aromatic rings. The number of carbonyl (C=O) groups is 1. The van der Waals surface area contributed by atoms with Crippen molar-refractivity contribution in [2.24, 2.45) is 0 Å². The van der Waals surface area contributed by atoms with Crippen molar-refractivity contribution < 1.29 is 19.4 Å². The lowest BCUT2D eigenvalue weighted by Crippen LogP contribution is -2.15. The Labute approximate surface area is 89.4 Å². The zero-order valence-electron chi connectivity index (χ0n) is 8.97. The first kappa shape index (κ1) is 13.4. The second kappa shape index (κ2) is 7.82. The van der Waals surface area contributed by atoms with Crippen molar-refractivity contribution in [3.8, 4) is 11.5 Å². The number of hydrogen-bond donors (Lipinski definition) is 1. The van der Waals surface area contributed by atoms with Crippen LogP contribution in [0, 0.1) is 0 Å². The Kier molecular flexibility index (Phi) is 7.01. The van der Waals surface area contributed by atoms with Gasteiger partial charge in [-0.25, -0.2) is 0 Å². The van der Waals surface area contributed by atoms with E-state index in [1.807, 2.05) is 20.6 Å². The molecule has 4 nitrogen and oxygen atoms in total. The molecule has 0 bridgehead atoms. The first-order chi connectivity index (χ1) is 7.22. The summed E-state index contributed by atoms with van der Waals surface area (Å²) in [6, 6.07) is 6.55. The molecule has 84 valence electrons. The molecule has 1 atom stereocenters. The molecule has 0 amide bonds. The molecule has 0 radical (unpaired) electrons. The third-order valence-electron chi connectivity index (χ3n) is 1.54. The highest BCUT2D eigenvalue weighted by atomic mass is 16.7. The maximum atomic E-state index is 9.01. The van der Waals surface area contributed by atoms with Crippen LogP contribution in [0.25, 0.3) is 0 Å². The smallest absolute Gasteiger partial charge is 0.196 e. The predicted octanol–water partition coefficient (Wildman–Crippen LogP) is 1.97. The van der Waals surface area contributed by atoms with Gasteiger partial charge in [0.2, 0.25) is 0 Å². The number of rotatable bonds is 4. The molecule has 0 saturated heterocycles. The van der Waals surface area contributed by atoms with Gasteiger partial charge in [0.25, 0.3) is 0 Å². The molecule has 0 saturated carbocycles. The minimum Gasteiger partial charge on any atom is -0.508 e. The summed E-state index contributed by atoms with van der Waals surface area (Å²) in [6.07, 6.45) is -0.255. The molecule has 4 heteroatoms. The zero-order valence-corrected chi connectivity index (χ0v) is 8.97. The topological polar surface area (TPSA) is 55.8 Å². The van der Waals surface area contributed by atoms with Gasteiger partial charge in [0.15, 0.2) is 6.29 Å². The lowest BCUT2D eigenvalue weighted by Gasteiger charge is -2.13. The van der Waals surface area contributed by atoms with Crippen LogP contribution < -0.4 is 4.74 Å². The van der Waals surface area contributed by atoms with E-state index in [9.17, 15) is 0 Å². The predicted molar refractivity (Wildman–Crippen MR) is 56.9 cm³/mol. The number of phenolic OH excluding ortho intramolecular Hbond substituents is 1. The zero-order chi connectivity index (χ0) is 11.7. The molecule has 15 heavy (non-hydrogen) atoms. The van der Waals surface area contributed by atoms with Gasteiger partial charge >= 0.3 is 0 Å². The van der Waals surface area contributed by atoms with Gasteiger partial charge in [-0.15, -0.1) is 0 Å². The van der Waals surface area contributed by atoms with Gasteiger partial charge in [-0.3, -0.25) is 0 Å². The van der Waals surface area contributed by atoms with Crippen LogP contribution in [-0.2, 0) is 9.53 Å². The summed E-state index contributed by atoms with van der Waals surface area (Å²) in [6.45, 7) is 6.37. The van der Waals surface area contributed by atoms with Gasteiger partial charge in [0.05, 0.1) is 0 Å². The van der Waals surface area contributed by atoms with Gasteiger partial charge in [0, 0.05) is 6.61 Å². The fourth-order valence-electron chi connectivity index (χ4n) is 0.985. The normalized spacial score (nSPS) is 11.1. The molecule has 1 unspecified atom stereocenters. The highest BCUT2D eigenvalue weighted by molar-refractivity contribution is 5.30. The van der Waals surface area contributed by atoms with Gasteiger partial charge in [-0.05, 0) is 38.1 Å². The average Bonchev–Trinajstić information content (AvgIpc) is 2.25. The quantitative estimate of drug-likeness (QED) is 0.775. The molecule has 1 rings (SSSR count). The molecule has 0 spiro atoms. The monoisotopic (exact) mass is 212 g/mol. The van der Waals surface area contributed by atoms with E-state index in [2.05, 4.69) is 0 Å². The van der Waals surface area contributed by atoms with Crippen LogP contribution in [0.2, 0.25) is 0 Å².